The monoisotopic (exact) mass is 402 g/mol. The van der Waals surface area contributed by atoms with Crippen molar-refractivity contribution in [2.24, 2.45) is 17.6 Å². The highest BCUT2D eigenvalue weighted by Crippen LogP contribution is 2.21. The van der Waals surface area contributed by atoms with E-state index in [1.54, 1.807) is 4.90 Å². The number of nitrogens with one attached hydrogen (secondary N) is 2. The zero-order chi connectivity index (χ0) is 19.1. The summed E-state index contributed by atoms with van der Waals surface area (Å²) in [5, 5.41) is 5.80. The molecule has 2 rings (SSSR count). The number of amides is 3. The quantitative estimate of drug-likeness (QED) is 0.620. The van der Waals surface area contributed by atoms with Crippen LogP contribution in [0.5, 0.6) is 0 Å². The van der Waals surface area contributed by atoms with E-state index in [0.717, 1.165) is 12.8 Å². The zero-order valence-corrected chi connectivity index (χ0v) is 17.4. The minimum Gasteiger partial charge on any atom is -0.353 e. The lowest BCUT2D eigenvalue weighted by Crippen LogP contribution is -2.50. The van der Waals surface area contributed by atoms with E-state index in [-0.39, 0.29) is 48.5 Å². The molecule has 2 aliphatic rings. The molecule has 1 saturated heterocycles. The van der Waals surface area contributed by atoms with Crippen molar-refractivity contribution in [2.75, 3.05) is 19.6 Å². The van der Waals surface area contributed by atoms with Crippen LogP contribution in [0.2, 0.25) is 0 Å². The van der Waals surface area contributed by atoms with E-state index in [0.29, 0.717) is 32.0 Å². The van der Waals surface area contributed by atoms with Crippen molar-refractivity contribution in [3.8, 4) is 0 Å². The van der Waals surface area contributed by atoms with Crippen molar-refractivity contribution in [1.82, 2.24) is 15.5 Å². The molecule has 1 atom stereocenters. The summed E-state index contributed by atoms with van der Waals surface area (Å²) in [6, 6.07) is -0.270. The molecule has 0 bridgehead atoms. The predicted octanol–water partition coefficient (Wildman–Crippen LogP) is 1.20. The van der Waals surface area contributed by atoms with Gasteiger partial charge in [-0.05, 0) is 31.6 Å². The summed E-state index contributed by atoms with van der Waals surface area (Å²) >= 11 is 0. The number of hydrogen-bond acceptors (Lipinski definition) is 4. The third-order valence-electron chi connectivity index (χ3n) is 5.60. The lowest BCUT2D eigenvalue weighted by atomic mass is 9.92. The van der Waals surface area contributed by atoms with Crippen LogP contribution in [0.4, 0.5) is 0 Å². The summed E-state index contributed by atoms with van der Waals surface area (Å²) in [6.45, 7) is 4.84. The number of nitrogens with two attached hydrogens (primary N) is 1. The van der Waals surface area contributed by atoms with Gasteiger partial charge in [0, 0.05) is 25.0 Å². The Kier molecular flexibility index (Phi) is 10.1. The summed E-state index contributed by atoms with van der Waals surface area (Å²) in [4.78, 5) is 38.2. The van der Waals surface area contributed by atoms with Crippen LogP contribution in [0.15, 0.2) is 0 Å². The lowest BCUT2D eigenvalue weighted by molar-refractivity contribution is -0.136. The molecule has 156 valence electrons. The van der Waals surface area contributed by atoms with Crippen LogP contribution in [0.25, 0.3) is 0 Å². The number of nitrogens with zero attached hydrogens (tertiary/aromatic N) is 1. The van der Waals surface area contributed by atoms with Crippen LogP contribution in [-0.4, -0.2) is 54.3 Å². The molecule has 4 N–H and O–H groups in total. The summed E-state index contributed by atoms with van der Waals surface area (Å²) in [6.07, 6.45) is 7.20. The Morgan fingerprint density at radius 2 is 1.63 bits per heavy atom. The first-order valence-electron chi connectivity index (χ1n) is 10.00. The van der Waals surface area contributed by atoms with E-state index in [1.165, 1.54) is 19.3 Å². The van der Waals surface area contributed by atoms with Gasteiger partial charge < -0.3 is 21.3 Å². The SMILES string of the molecule is CC(C)[C@H](N)C(=O)NCC(=O)N1CCC(C(=O)NC2CCCCC2)CC1.Cl. The van der Waals surface area contributed by atoms with Crippen molar-refractivity contribution >= 4 is 30.1 Å². The van der Waals surface area contributed by atoms with Gasteiger partial charge in [0.1, 0.15) is 0 Å². The molecule has 7 nitrogen and oxygen atoms in total. The molecule has 27 heavy (non-hydrogen) atoms. The molecule has 0 aromatic heterocycles. The highest BCUT2D eigenvalue weighted by atomic mass is 35.5. The summed E-state index contributed by atoms with van der Waals surface area (Å²) in [5.74, 6) is -0.246. The summed E-state index contributed by atoms with van der Waals surface area (Å²) < 4.78 is 0. The Bertz CT molecular complexity index is 501. The number of likely N-dealkylation sites (tertiary alicyclic amines) is 1. The Hall–Kier alpha value is -1.34. The number of piperidine rings is 1. The second-order valence-electron chi connectivity index (χ2n) is 7.99. The molecule has 3 amide bonds. The van der Waals surface area contributed by atoms with Crippen LogP contribution < -0.4 is 16.4 Å². The molecule has 1 aliphatic heterocycles. The van der Waals surface area contributed by atoms with Crippen LogP contribution >= 0.6 is 12.4 Å². The Balaban J connectivity index is 0.00000364. The molecule has 1 saturated carbocycles. The van der Waals surface area contributed by atoms with E-state index in [1.807, 2.05) is 13.8 Å². The molecular formula is C19H35ClN4O3. The fourth-order valence-electron chi connectivity index (χ4n) is 3.65. The van der Waals surface area contributed by atoms with Gasteiger partial charge in [-0.1, -0.05) is 33.1 Å². The number of carbonyl (C=O) groups is 3. The van der Waals surface area contributed by atoms with Crippen LogP contribution in [-0.2, 0) is 14.4 Å². The maximum absolute atomic E-state index is 12.4. The van der Waals surface area contributed by atoms with Gasteiger partial charge >= 0.3 is 0 Å². The third kappa shape index (κ3) is 7.30. The second-order valence-corrected chi connectivity index (χ2v) is 7.99. The van der Waals surface area contributed by atoms with Gasteiger partial charge in [-0.2, -0.15) is 0 Å². The smallest absolute Gasteiger partial charge is 0.241 e. The van der Waals surface area contributed by atoms with Crippen molar-refractivity contribution in [1.29, 1.82) is 0 Å². The normalized spacial score (nSPS) is 19.9. The van der Waals surface area contributed by atoms with Crippen molar-refractivity contribution < 1.29 is 14.4 Å². The van der Waals surface area contributed by atoms with Gasteiger partial charge in [0.25, 0.3) is 0 Å². The molecule has 0 spiro atoms. The largest absolute Gasteiger partial charge is 0.353 e. The highest BCUT2D eigenvalue weighted by Gasteiger charge is 2.29. The number of rotatable bonds is 6. The van der Waals surface area contributed by atoms with Crippen molar-refractivity contribution in [3.05, 3.63) is 0 Å². The number of halogens is 1. The molecular weight excluding hydrogens is 368 g/mol. The average molecular weight is 403 g/mol. The number of carbonyl (C=O) groups excluding carboxylic acids is 3. The first-order valence-corrected chi connectivity index (χ1v) is 10.00. The fourth-order valence-corrected chi connectivity index (χ4v) is 3.65. The van der Waals surface area contributed by atoms with E-state index in [2.05, 4.69) is 10.6 Å². The highest BCUT2D eigenvalue weighted by molar-refractivity contribution is 5.87. The molecule has 0 aromatic carbocycles. The van der Waals surface area contributed by atoms with Gasteiger partial charge in [-0.15, -0.1) is 12.4 Å². The van der Waals surface area contributed by atoms with Crippen LogP contribution in [0, 0.1) is 11.8 Å². The molecule has 0 aromatic rings. The summed E-state index contributed by atoms with van der Waals surface area (Å²) in [5.41, 5.74) is 5.77. The van der Waals surface area contributed by atoms with E-state index >= 15 is 0 Å². The van der Waals surface area contributed by atoms with Crippen molar-refractivity contribution in [2.45, 2.75) is 70.9 Å². The Morgan fingerprint density at radius 1 is 1.04 bits per heavy atom. The zero-order valence-electron chi connectivity index (χ0n) is 16.5. The van der Waals surface area contributed by atoms with Gasteiger partial charge in [-0.3, -0.25) is 14.4 Å². The molecule has 1 heterocycles. The minimum absolute atomic E-state index is 0. The average Bonchev–Trinajstić information content (AvgIpc) is 2.66. The first-order chi connectivity index (χ1) is 12.4. The third-order valence-corrected chi connectivity index (χ3v) is 5.60. The topological polar surface area (TPSA) is 105 Å². The summed E-state index contributed by atoms with van der Waals surface area (Å²) in [7, 11) is 0. The Labute approximate surface area is 168 Å². The van der Waals surface area contributed by atoms with E-state index in [4.69, 9.17) is 5.73 Å². The van der Waals surface area contributed by atoms with Gasteiger partial charge in [0.15, 0.2) is 0 Å². The van der Waals surface area contributed by atoms with E-state index in [9.17, 15) is 14.4 Å². The second kappa shape index (κ2) is 11.5. The van der Waals surface area contributed by atoms with Gasteiger partial charge in [0.05, 0.1) is 12.6 Å². The maximum atomic E-state index is 12.4. The Morgan fingerprint density at radius 3 is 2.19 bits per heavy atom. The van der Waals surface area contributed by atoms with E-state index < -0.39 is 6.04 Å². The standard InChI is InChI=1S/C19H34N4O3.ClH/c1-13(2)17(20)19(26)21-12-16(24)23-10-8-14(9-11-23)18(25)22-15-6-4-3-5-7-15;/h13-15,17H,3-12,20H2,1-2H3,(H,21,26)(H,22,25);1H/t17-;/m0./s1. The van der Waals surface area contributed by atoms with Gasteiger partial charge in [0.2, 0.25) is 17.7 Å². The van der Waals surface area contributed by atoms with Crippen molar-refractivity contribution in [3.63, 3.8) is 0 Å². The molecule has 8 heteroatoms. The fraction of sp³-hybridized carbons (Fsp3) is 0.842. The maximum Gasteiger partial charge on any atom is 0.241 e. The van der Waals surface area contributed by atoms with Crippen LogP contribution in [0.3, 0.4) is 0 Å². The number of hydrogen-bond donors (Lipinski definition) is 3. The van der Waals surface area contributed by atoms with Crippen LogP contribution in [0.1, 0.15) is 58.8 Å². The minimum atomic E-state index is -0.600. The molecule has 1 aliphatic carbocycles. The molecule has 2 fully saturated rings. The lowest BCUT2D eigenvalue weighted by Gasteiger charge is -2.33. The molecule has 0 unspecified atom stereocenters. The molecule has 0 radical (unpaired) electrons. The van der Waals surface area contributed by atoms with Gasteiger partial charge in [-0.25, -0.2) is 0 Å². The predicted molar refractivity (Wildman–Crippen MR) is 107 cm³/mol. The first kappa shape index (κ1) is 23.7.